The third kappa shape index (κ3) is 18.3. The summed E-state index contributed by atoms with van der Waals surface area (Å²) in [5.41, 5.74) is 12.0. The Morgan fingerprint density at radius 3 is 1.98 bits per heavy atom. The third-order valence-electron chi connectivity index (χ3n) is 22.5. The van der Waals surface area contributed by atoms with E-state index in [4.69, 9.17) is 56.6 Å². The monoisotopic (exact) mass is 1530 g/mol. The van der Waals surface area contributed by atoms with Crippen molar-refractivity contribution in [2.24, 2.45) is 0 Å². The van der Waals surface area contributed by atoms with E-state index in [1.54, 1.807) is 53.3 Å². The van der Waals surface area contributed by atoms with Gasteiger partial charge in [-0.3, -0.25) is 4.90 Å². The number of pyridine rings is 1. The summed E-state index contributed by atoms with van der Waals surface area (Å²) in [4.78, 5) is 34.1. The molecule has 22 heteroatoms. The molecule has 0 N–H and O–H groups in total. The summed E-state index contributed by atoms with van der Waals surface area (Å²) in [5.74, 6) is 3.48. The van der Waals surface area contributed by atoms with E-state index in [1.807, 2.05) is 68.4 Å². The van der Waals surface area contributed by atoms with Crippen molar-refractivity contribution in [2.75, 3.05) is 120 Å². The second-order valence-electron chi connectivity index (χ2n) is 30.0. The van der Waals surface area contributed by atoms with Crippen molar-refractivity contribution in [3.05, 3.63) is 249 Å². The number of halogens is 3. The Morgan fingerprint density at radius 1 is 0.645 bits per heavy atom. The number of likely N-dealkylation sites (tertiary alicyclic amines) is 1. The fourth-order valence-electron chi connectivity index (χ4n) is 16.2. The molecule has 110 heavy (non-hydrogen) atoms. The number of benzene rings is 7. The van der Waals surface area contributed by atoms with Crippen LogP contribution in [0.3, 0.4) is 0 Å². The Morgan fingerprint density at radius 2 is 1.31 bits per heavy atom. The molecule has 5 atom stereocenters. The van der Waals surface area contributed by atoms with Gasteiger partial charge < -0.3 is 48.0 Å². The number of fused-ring (bicyclic) bond motifs is 2. The minimum atomic E-state index is -1.16. The Bertz CT molecular complexity index is 4670. The number of likely N-dealkylation sites (N-methyl/N-ethyl adjacent to an activating group) is 1. The Labute approximate surface area is 656 Å². The molecule has 4 saturated heterocycles. The lowest BCUT2D eigenvalue weighted by Gasteiger charge is -2.45. The van der Waals surface area contributed by atoms with Crippen molar-refractivity contribution in [1.29, 1.82) is 0 Å². The normalized spacial score (nSPS) is 20.2. The maximum Gasteiger partial charge on any atom is 0.350 e. The summed E-state index contributed by atoms with van der Waals surface area (Å²) < 4.78 is 55.3. The Hall–Kier alpha value is -9.28. The number of piperazine rings is 2. The molecule has 0 spiro atoms. The summed E-state index contributed by atoms with van der Waals surface area (Å²) in [7, 11) is 1.70. The second kappa shape index (κ2) is 35.8. The van der Waals surface area contributed by atoms with Gasteiger partial charge in [-0.1, -0.05) is 117 Å². The molecule has 5 aliphatic heterocycles. The topological polar surface area (TPSA) is 155 Å². The van der Waals surface area contributed by atoms with Crippen molar-refractivity contribution < 1.29 is 32.8 Å². The van der Waals surface area contributed by atoms with Gasteiger partial charge in [-0.15, -0.1) is 0 Å². The van der Waals surface area contributed by atoms with E-state index in [0.717, 1.165) is 143 Å². The van der Waals surface area contributed by atoms with Crippen LogP contribution in [0.25, 0.3) is 16.8 Å². The zero-order valence-corrected chi connectivity index (χ0v) is 65.8. The second-order valence-corrected chi connectivity index (χ2v) is 30.9. The molecule has 10 aromatic rings. The molecular formula is C88H103Cl2FN12O7. The largest absolute Gasteiger partial charge is 0.497 e. The van der Waals surface area contributed by atoms with E-state index in [1.165, 1.54) is 96.1 Å². The van der Waals surface area contributed by atoms with Crippen LogP contribution in [0.5, 0.6) is 23.0 Å². The first-order valence-corrected chi connectivity index (χ1v) is 40.1. The van der Waals surface area contributed by atoms with Crippen LogP contribution in [0.4, 0.5) is 21.6 Å². The Kier molecular flexibility index (Phi) is 25.2. The first kappa shape index (κ1) is 77.4. The first-order valence-electron chi connectivity index (χ1n) is 39.3. The van der Waals surface area contributed by atoms with Crippen molar-refractivity contribution in [2.45, 2.75) is 134 Å². The van der Waals surface area contributed by atoms with Gasteiger partial charge in [-0.2, -0.15) is 10.2 Å². The number of nitrogens with zero attached hydrogens (tertiary/aromatic N) is 12. The molecule has 19 nitrogen and oxygen atoms in total. The number of ether oxygens (including phenoxy) is 6. The van der Waals surface area contributed by atoms with E-state index >= 15 is 0 Å². The van der Waals surface area contributed by atoms with Gasteiger partial charge in [0.05, 0.1) is 30.5 Å². The highest BCUT2D eigenvalue weighted by Gasteiger charge is 2.47. The lowest BCUT2D eigenvalue weighted by Crippen LogP contribution is -2.46. The van der Waals surface area contributed by atoms with E-state index in [0.29, 0.717) is 28.8 Å². The number of hydrogen-bond acceptors (Lipinski definition) is 16. The van der Waals surface area contributed by atoms with Gasteiger partial charge in [0, 0.05) is 110 Å². The highest BCUT2D eigenvalue weighted by molar-refractivity contribution is 6.35. The van der Waals surface area contributed by atoms with E-state index in [-0.39, 0.29) is 42.0 Å². The number of methoxy groups -OCH3 is 1. The number of aromatic nitrogens is 7. The quantitative estimate of drug-likeness (QED) is 0.0669. The molecule has 6 aliphatic rings. The lowest BCUT2D eigenvalue weighted by atomic mass is 9.68. The van der Waals surface area contributed by atoms with E-state index < -0.39 is 11.4 Å². The molecule has 1 unspecified atom stereocenters. The highest BCUT2D eigenvalue weighted by Crippen LogP contribution is 2.54. The summed E-state index contributed by atoms with van der Waals surface area (Å²) >= 11 is 12.7. The van der Waals surface area contributed by atoms with Gasteiger partial charge in [0.1, 0.15) is 85.1 Å². The smallest absolute Gasteiger partial charge is 0.350 e. The average Bonchev–Trinajstić information content (AvgIpc) is 0.988. The molecule has 4 fully saturated rings. The molecule has 1 aliphatic carbocycles. The third-order valence-corrected chi connectivity index (χ3v) is 23.1. The number of rotatable bonds is 21. The van der Waals surface area contributed by atoms with Crippen LogP contribution < -0.4 is 39.3 Å². The molecule has 8 heterocycles. The highest BCUT2D eigenvalue weighted by atomic mass is 35.5. The van der Waals surface area contributed by atoms with E-state index in [2.05, 4.69) is 151 Å². The van der Waals surface area contributed by atoms with Crippen molar-refractivity contribution >= 4 is 40.4 Å². The molecule has 16 rings (SSSR count). The summed E-state index contributed by atoms with van der Waals surface area (Å²) in [5, 5.41) is 9.50. The predicted octanol–water partition coefficient (Wildman–Crippen LogP) is 16.5. The van der Waals surface area contributed by atoms with Crippen LogP contribution in [0.15, 0.2) is 194 Å². The summed E-state index contributed by atoms with van der Waals surface area (Å²) in [6.45, 7) is 24.6. The van der Waals surface area contributed by atoms with Gasteiger partial charge in [0.2, 0.25) is 5.79 Å². The zero-order valence-electron chi connectivity index (χ0n) is 64.2. The SMILES string of the molecule is CCC(C)n1ncn(-c2ccc(N3CCN(c4ccc(OC[C@H]5CO[C@](Cn6cncn6)(c6ccc(Cl)cc6Cl)O5)cc4)CC3)cc2)c1=O.CCN1CCN(c2cc(-c3ccc(F)cc3)c3c(n2)CCCCCC3)CC1.COc1ccc2c(c1)OC(C)(C)[C@@H](c1ccccc1)[C@@H]2c1ccc(OCCN2CCCC2)cc1. The number of hydrogen-bond donors (Lipinski definition) is 0. The molecule has 0 amide bonds. The molecule has 3 aromatic heterocycles. The fraction of sp³-hybridized carbons (Fsp3) is 0.420. The van der Waals surface area contributed by atoms with Gasteiger partial charge in [-0.25, -0.2) is 33.1 Å². The molecular weight excluding hydrogens is 1430 g/mol. The van der Waals surface area contributed by atoms with Crippen LogP contribution in [0, 0.1) is 5.82 Å². The van der Waals surface area contributed by atoms with Crippen molar-refractivity contribution in [3.8, 4) is 39.8 Å². The van der Waals surface area contributed by atoms with Gasteiger partial charge >= 0.3 is 5.69 Å². The number of aryl methyl sites for hydroxylation is 1. The molecule has 7 aromatic carbocycles. The minimum Gasteiger partial charge on any atom is -0.497 e. The lowest BCUT2D eigenvalue weighted by molar-refractivity contribution is -0.190. The van der Waals surface area contributed by atoms with Crippen LogP contribution in [0.1, 0.15) is 131 Å². The average molecular weight is 1530 g/mol. The van der Waals surface area contributed by atoms with Gasteiger partial charge in [0.15, 0.2) is 0 Å². The predicted molar refractivity (Wildman–Crippen MR) is 434 cm³/mol. The summed E-state index contributed by atoms with van der Waals surface area (Å²) in [6.07, 6.45) is 15.0. The zero-order chi connectivity index (χ0) is 76.1. The summed E-state index contributed by atoms with van der Waals surface area (Å²) in [6, 6.07) is 56.4. The van der Waals surface area contributed by atoms with Gasteiger partial charge in [0.25, 0.3) is 0 Å². The van der Waals surface area contributed by atoms with Crippen LogP contribution in [0.2, 0.25) is 10.0 Å². The van der Waals surface area contributed by atoms with Crippen molar-refractivity contribution in [1.82, 2.24) is 43.9 Å². The fourth-order valence-corrected chi connectivity index (χ4v) is 16.8. The van der Waals surface area contributed by atoms with Gasteiger partial charge in [-0.05, 0) is 210 Å². The Balaban J connectivity index is 0.000000145. The van der Waals surface area contributed by atoms with Crippen molar-refractivity contribution in [3.63, 3.8) is 0 Å². The van der Waals surface area contributed by atoms with E-state index in [9.17, 15) is 9.18 Å². The number of anilines is 3. The maximum absolute atomic E-state index is 13.5. The minimum absolute atomic E-state index is 0.0645. The van der Waals surface area contributed by atoms with Crippen LogP contribution >= 0.6 is 23.2 Å². The molecule has 578 valence electrons. The van der Waals surface area contributed by atoms with Crippen LogP contribution in [-0.4, -0.2) is 161 Å². The maximum atomic E-state index is 13.5. The first-order chi connectivity index (χ1) is 53.6. The molecule has 0 radical (unpaired) electrons. The standard InChI is InChI=1S/C35H38Cl2N8O4.C30H35NO3.C23H30FN3/c1-3-25(2)45-34(46)44(24-40-45)29-7-5-27(6-8-29)41-14-16-42(17-15-41)28-9-11-30(12-10-28)47-19-31-20-48-35(49-31,21-43-23-38-22-39-43)32-13-4-26(36)18-33(32)37;1-30(2)29(23-9-5-4-6-10-23)28(26-16-15-25(32-3)21-27(26)34-30)22-11-13-24(14-12-22)33-20-19-31-17-7-8-18-31;1-2-26-13-15-27(16-14-26)23-17-21(18-9-11-19(24)12-10-18)20-7-5-3-4-6-8-22(20)25-23/h4-13,18,22-25,31H,3,14-17,19-21H2,1-2H3;4-6,9-16,21,28-29H,7-8,17-20H2,1-3H3;9-12,17H,2-8,13-16H2,1H3/t25?,31-,35-;28-,29+;/m01./s1. The van der Waals surface area contributed by atoms with Crippen LogP contribution in [-0.2, 0) is 34.6 Å². The molecule has 0 bridgehead atoms. The molecule has 0 saturated carbocycles.